The number of nitrogens with zero attached hydrogens (tertiary/aromatic N) is 1. The Kier molecular flexibility index (Phi) is 2.48. The molecule has 2 aliphatic rings. The molecule has 0 aromatic heterocycles. The Bertz CT molecular complexity index is 380. The van der Waals surface area contributed by atoms with E-state index in [0.717, 1.165) is 31.8 Å². The SMILES string of the molecule is C[C@H]1C[C@H]2CNCCN2c2ccccc2O1. The van der Waals surface area contributed by atoms with Crippen molar-refractivity contribution in [3.05, 3.63) is 24.3 Å². The fourth-order valence-electron chi connectivity index (χ4n) is 2.73. The lowest BCUT2D eigenvalue weighted by molar-refractivity contribution is 0.207. The molecular formula is C13H18N2O. The number of hydrogen-bond donors (Lipinski definition) is 1. The maximum absolute atomic E-state index is 5.98. The number of fused-ring (bicyclic) bond motifs is 3. The van der Waals surface area contributed by atoms with Crippen molar-refractivity contribution in [2.45, 2.75) is 25.5 Å². The zero-order chi connectivity index (χ0) is 11.0. The predicted octanol–water partition coefficient (Wildman–Crippen LogP) is 1.64. The van der Waals surface area contributed by atoms with Crippen molar-refractivity contribution in [3.63, 3.8) is 0 Å². The Morgan fingerprint density at radius 3 is 3.19 bits per heavy atom. The van der Waals surface area contributed by atoms with Gasteiger partial charge in [-0.25, -0.2) is 0 Å². The second-order valence-corrected chi connectivity index (χ2v) is 4.68. The molecule has 0 spiro atoms. The van der Waals surface area contributed by atoms with Crippen LogP contribution in [0.3, 0.4) is 0 Å². The van der Waals surface area contributed by atoms with Gasteiger partial charge in [-0.05, 0) is 19.1 Å². The molecule has 1 saturated heterocycles. The van der Waals surface area contributed by atoms with Crippen molar-refractivity contribution >= 4 is 5.69 Å². The summed E-state index contributed by atoms with van der Waals surface area (Å²) in [5.41, 5.74) is 1.26. The number of nitrogens with one attached hydrogen (secondary N) is 1. The van der Waals surface area contributed by atoms with Gasteiger partial charge in [0.05, 0.1) is 11.8 Å². The highest BCUT2D eigenvalue weighted by molar-refractivity contribution is 5.60. The van der Waals surface area contributed by atoms with Crippen LogP contribution in [0.2, 0.25) is 0 Å². The number of hydrogen-bond acceptors (Lipinski definition) is 3. The van der Waals surface area contributed by atoms with Crippen LogP contribution in [0.1, 0.15) is 13.3 Å². The fourth-order valence-corrected chi connectivity index (χ4v) is 2.73. The maximum Gasteiger partial charge on any atom is 0.143 e. The van der Waals surface area contributed by atoms with Gasteiger partial charge < -0.3 is 15.0 Å². The lowest BCUT2D eigenvalue weighted by Crippen LogP contribution is -2.51. The molecule has 2 atom stereocenters. The Balaban J connectivity index is 2.01. The molecule has 1 aromatic carbocycles. The highest BCUT2D eigenvalue weighted by atomic mass is 16.5. The first-order chi connectivity index (χ1) is 7.84. The van der Waals surface area contributed by atoms with E-state index in [0.29, 0.717) is 12.1 Å². The molecule has 2 aliphatic heterocycles. The van der Waals surface area contributed by atoms with Gasteiger partial charge in [0.1, 0.15) is 5.75 Å². The fraction of sp³-hybridized carbons (Fsp3) is 0.538. The predicted molar refractivity (Wildman–Crippen MR) is 65.2 cm³/mol. The quantitative estimate of drug-likeness (QED) is 0.716. The van der Waals surface area contributed by atoms with E-state index in [1.54, 1.807) is 0 Å². The molecule has 1 fully saturated rings. The third-order valence-corrected chi connectivity index (χ3v) is 3.46. The molecule has 3 rings (SSSR count). The first kappa shape index (κ1) is 9.97. The third kappa shape index (κ3) is 1.65. The summed E-state index contributed by atoms with van der Waals surface area (Å²) in [6.07, 6.45) is 1.40. The number of anilines is 1. The van der Waals surface area contributed by atoms with E-state index in [1.807, 2.05) is 6.07 Å². The molecule has 0 aliphatic carbocycles. The summed E-state index contributed by atoms with van der Waals surface area (Å²) in [6.45, 7) is 5.38. The number of ether oxygens (including phenoxy) is 1. The van der Waals surface area contributed by atoms with Crippen LogP contribution in [0.4, 0.5) is 5.69 Å². The van der Waals surface area contributed by atoms with Gasteiger partial charge in [-0.15, -0.1) is 0 Å². The van der Waals surface area contributed by atoms with Crippen molar-refractivity contribution in [1.82, 2.24) is 5.32 Å². The zero-order valence-electron chi connectivity index (χ0n) is 9.65. The summed E-state index contributed by atoms with van der Waals surface area (Å²) in [7, 11) is 0. The molecule has 0 bridgehead atoms. The molecule has 1 aromatic rings. The van der Waals surface area contributed by atoms with E-state index in [9.17, 15) is 0 Å². The summed E-state index contributed by atoms with van der Waals surface area (Å²) in [5, 5.41) is 3.47. The van der Waals surface area contributed by atoms with Gasteiger partial charge in [0.25, 0.3) is 0 Å². The van der Waals surface area contributed by atoms with Gasteiger partial charge in [-0.3, -0.25) is 0 Å². The number of para-hydroxylation sites is 2. The van der Waals surface area contributed by atoms with Crippen LogP contribution < -0.4 is 15.0 Å². The molecular weight excluding hydrogens is 200 g/mol. The van der Waals surface area contributed by atoms with Crippen LogP contribution in [-0.2, 0) is 0 Å². The lowest BCUT2D eigenvalue weighted by atomic mass is 10.1. The standard InChI is InChI=1S/C13H18N2O/c1-10-8-11-9-14-6-7-15(11)12-4-2-3-5-13(12)16-10/h2-5,10-11,14H,6-9H2,1H3/t10-,11-/m0/s1. The summed E-state index contributed by atoms with van der Waals surface area (Å²) >= 11 is 0. The van der Waals surface area contributed by atoms with Gasteiger partial charge in [-0.2, -0.15) is 0 Å². The number of rotatable bonds is 0. The first-order valence-corrected chi connectivity index (χ1v) is 6.07. The van der Waals surface area contributed by atoms with Gasteiger partial charge in [0.15, 0.2) is 0 Å². The van der Waals surface area contributed by atoms with Crippen molar-refractivity contribution in [3.8, 4) is 5.75 Å². The van der Waals surface area contributed by atoms with Crippen LogP contribution in [0.5, 0.6) is 5.75 Å². The minimum Gasteiger partial charge on any atom is -0.488 e. The summed E-state index contributed by atoms with van der Waals surface area (Å²) < 4.78 is 5.98. The highest BCUT2D eigenvalue weighted by Crippen LogP contribution is 2.34. The smallest absolute Gasteiger partial charge is 0.143 e. The maximum atomic E-state index is 5.98. The van der Waals surface area contributed by atoms with Crippen LogP contribution in [0.25, 0.3) is 0 Å². The topological polar surface area (TPSA) is 24.5 Å². The van der Waals surface area contributed by atoms with Crippen LogP contribution >= 0.6 is 0 Å². The number of piperazine rings is 1. The first-order valence-electron chi connectivity index (χ1n) is 6.07. The molecule has 0 unspecified atom stereocenters. The van der Waals surface area contributed by atoms with Crippen molar-refractivity contribution < 1.29 is 4.74 Å². The minimum atomic E-state index is 0.302. The van der Waals surface area contributed by atoms with Gasteiger partial charge in [-0.1, -0.05) is 12.1 Å². The van der Waals surface area contributed by atoms with E-state index in [2.05, 4.69) is 35.3 Å². The summed E-state index contributed by atoms with van der Waals surface area (Å²) in [6, 6.07) is 8.97. The third-order valence-electron chi connectivity index (χ3n) is 3.46. The average molecular weight is 218 g/mol. The Hall–Kier alpha value is -1.22. The molecule has 2 heterocycles. The Labute approximate surface area is 96.4 Å². The van der Waals surface area contributed by atoms with Crippen molar-refractivity contribution in [2.75, 3.05) is 24.5 Å². The second kappa shape index (κ2) is 3.98. The van der Waals surface area contributed by atoms with E-state index in [-0.39, 0.29) is 0 Å². The molecule has 0 saturated carbocycles. The van der Waals surface area contributed by atoms with Crippen molar-refractivity contribution in [1.29, 1.82) is 0 Å². The molecule has 3 heteroatoms. The zero-order valence-corrected chi connectivity index (χ0v) is 9.65. The monoisotopic (exact) mass is 218 g/mol. The average Bonchev–Trinajstić information content (AvgIpc) is 2.44. The molecule has 1 N–H and O–H groups in total. The summed E-state index contributed by atoms with van der Waals surface area (Å²) in [4.78, 5) is 2.50. The van der Waals surface area contributed by atoms with Crippen molar-refractivity contribution in [2.24, 2.45) is 0 Å². The van der Waals surface area contributed by atoms with E-state index in [4.69, 9.17) is 4.74 Å². The summed E-state index contributed by atoms with van der Waals surface area (Å²) in [5.74, 6) is 1.04. The molecule has 86 valence electrons. The highest BCUT2D eigenvalue weighted by Gasteiger charge is 2.29. The van der Waals surface area contributed by atoms with Crippen LogP contribution in [0, 0.1) is 0 Å². The van der Waals surface area contributed by atoms with Gasteiger partial charge >= 0.3 is 0 Å². The van der Waals surface area contributed by atoms with Crippen LogP contribution in [0.15, 0.2) is 24.3 Å². The van der Waals surface area contributed by atoms with E-state index < -0.39 is 0 Å². The Morgan fingerprint density at radius 1 is 1.38 bits per heavy atom. The minimum absolute atomic E-state index is 0.302. The molecule has 16 heavy (non-hydrogen) atoms. The van der Waals surface area contributed by atoms with E-state index in [1.165, 1.54) is 5.69 Å². The lowest BCUT2D eigenvalue weighted by Gasteiger charge is -2.36. The van der Waals surface area contributed by atoms with E-state index >= 15 is 0 Å². The molecule has 0 amide bonds. The van der Waals surface area contributed by atoms with Crippen LogP contribution in [-0.4, -0.2) is 31.8 Å². The van der Waals surface area contributed by atoms with Gasteiger partial charge in [0.2, 0.25) is 0 Å². The Morgan fingerprint density at radius 2 is 2.25 bits per heavy atom. The molecule has 3 nitrogen and oxygen atoms in total. The second-order valence-electron chi connectivity index (χ2n) is 4.68. The largest absolute Gasteiger partial charge is 0.488 e. The van der Waals surface area contributed by atoms with Gasteiger partial charge in [0, 0.05) is 32.1 Å². The number of benzene rings is 1. The normalized spacial score (nSPS) is 28.7. The molecule has 0 radical (unpaired) electrons.